The minimum absolute atomic E-state index is 1.12. The first-order valence-electron chi connectivity index (χ1n) is 1.78. The highest BCUT2D eigenvalue weighted by atomic mass is 14.8. The molecule has 0 fully saturated rings. The van der Waals surface area contributed by atoms with Gasteiger partial charge in [0.2, 0.25) is 0 Å². The second kappa shape index (κ2) is 4.21. The van der Waals surface area contributed by atoms with Crippen LogP contribution in [0, 0.1) is 5.41 Å². The van der Waals surface area contributed by atoms with E-state index < -0.39 is 0 Å². The van der Waals surface area contributed by atoms with Crippen molar-refractivity contribution in [2.75, 3.05) is 0 Å². The maximum Gasteiger partial charge on any atom is 0.0830 e. The number of hydrogen-bond donors (Lipinski definition) is 2. The summed E-state index contributed by atoms with van der Waals surface area (Å²) in [6, 6.07) is 0. The summed E-state index contributed by atoms with van der Waals surface area (Å²) in [5.74, 6) is 0. The zero-order valence-electron chi connectivity index (χ0n) is 3.73. The molecule has 0 aliphatic heterocycles. The number of hydrogen-bond acceptors (Lipinski definition) is 1. The van der Waals surface area contributed by atoms with Gasteiger partial charge in [0.1, 0.15) is 0 Å². The average molecular weight is 84.1 g/mol. The fourth-order valence-corrected chi connectivity index (χ4v) is 0.144. The molecule has 0 saturated carbocycles. The van der Waals surface area contributed by atoms with Crippen LogP contribution >= 0.6 is 0 Å². The molecule has 34 valence electrons. The summed E-state index contributed by atoms with van der Waals surface area (Å²) in [5, 5.41) is 8.98. The van der Waals surface area contributed by atoms with Gasteiger partial charge in [-0.25, -0.2) is 0 Å². The highest BCUT2D eigenvalue weighted by molar-refractivity contribution is 5.51. The summed E-state index contributed by atoms with van der Waals surface area (Å²) in [6.07, 6.45) is 4.64. The zero-order valence-corrected chi connectivity index (χ0v) is 3.73. The van der Waals surface area contributed by atoms with Crippen LogP contribution in [-0.2, 0) is 0 Å². The van der Waals surface area contributed by atoms with Gasteiger partial charge in [-0.05, 0) is 13.1 Å². The third-order valence-electron chi connectivity index (χ3n) is 0.346. The van der Waals surface area contributed by atoms with Gasteiger partial charge in [0.15, 0.2) is 0 Å². The Morgan fingerprint density at radius 1 is 1.67 bits per heavy atom. The fourth-order valence-electron chi connectivity index (χ4n) is 0.144. The van der Waals surface area contributed by atoms with Crippen LogP contribution in [-0.4, -0.2) is 6.34 Å². The summed E-state index contributed by atoms with van der Waals surface area (Å²) in [7, 11) is 0. The van der Waals surface area contributed by atoms with E-state index in [1.165, 1.54) is 0 Å². The van der Waals surface area contributed by atoms with Crippen molar-refractivity contribution in [2.45, 2.75) is 6.92 Å². The Morgan fingerprint density at radius 3 is 2.50 bits per heavy atom. The van der Waals surface area contributed by atoms with Gasteiger partial charge in [-0.2, -0.15) is 0 Å². The third kappa shape index (κ3) is 3.21. The molecular formula is C4H8N2. The Bertz CT molecular complexity index is 56.6. The summed E-state index contributed by atoms with van der Waals surface area (Å²) >= 11 is 0. The second-order valence-corrected chi connectivity index (χ2v) is 0.811. The van der Waals surface area contributed by atoms with E-state index in [0.717, 1.165) is 6.34 Å². The maximum atomic E-state index is 6.42. The van der Waals surface area contributed by atoms with Crippen molar-refractivity contribution in [2.24, 2.45) is 0 Å². The highest BCUT2D eigenvalue weighted by Gasteiger charge is 1.52. The predicted molar refractivity (Wildman–Crippen MR) is 26.7 cm³/mol. The largest absolute Gasteiger partial charge is 0.354 e. The van der Waals surface area contributed by atoms with E-state index in [0.29, 0.717) is 0 Å². The molecule has 0 heterocycles. The van der Waals surface area contributed by atoms with Gasteiger partial charge in [0.25, 0.3) is 0 Å². The molecule has 2 nitrogen and oxygen atoms in total. The topological polar surface area (TPSA) is 35.9 Å². The quantitative estimate of drug-likeness (QED) is 0.375. The molecule has 0 radical (unpaired) electrons. The number of rotatable bonds is 2. The first kappa shape index (κ1) is 5.21. The molecule has 0 aromatic rings. The average Bonchev–Trinajstić information content (AvgIpc) is 1.61. The smallest absolute Gasteiger partial charge is 0.0830 e. The molecule has 0 aliphatic carbocycles. The van der Waals surface area contributed by atoms with Crippen molar-refractivity contribution in [1.29, 1.82) is 5.41 Å². The van der Waals surface area contributed by atoms with Crippen molar-refractivity contribution in [1.82, 2.24) is 5.32 Å². The first-order valence-corrected chi connectivity index (χ1v) is 1.78. The van der Waals surface area contributed by atoms with Crippen LogP contribution in [0.3, 0.4) is 0 Å². The molecule has 2 N–H and O–H groups in total. The van der Waals surface area contributed by atoms with E-state index >= 15 is 0 Å². The summed E-state index contributed by atoms with van der Waals surface area (Å²) in [4.78, 5) is 0. The van der Waals surface area contributed by atoms with Crippen molar-refractivity contribution in [3.8, 4) is 0 Å². The molecule has 0 unspecified atom stereocenters. The monoisotopic (exact) mass is 84.1 g/mol. The Morgan fingerprint density at radius 2 is 2.33 bits per heavy atom. The van der Waals surface area contributed by atoms with Crippen molar-refractivity contribution < 1.29 is 0 Å². The normalized spacial score (nSPS) is 8.83. The molecule has 0 atom stereocenters. The van der Waals surface area contributed by atoms with Crippen LogP contribution in [0.1, 0.15) is 6.92 Å². The van der Waals surface area contributed by atoms with Gasteiger partial charge in [0, 0.05) is 0 Å². The van der Waals surface area contributed by atoms with Crippen molar-refractivity contribution in [3.05, 3.63) is 12.3 Å². The Balaban J connectivity index is 2.85. The standard InChI is InChI=1S/C4H8N2/c1-2-3-6-4-5/h2-4H,1H3,(H2,5,6)/b3-2+. The molecule has 0 bridgehead atoms. The molecule has 0 aliphatic rings. The van der Waals surface area contributed by atoms with E-state index in [9.17, 15) is 0 Å². The van der Waals surface area contributed by atoms with Crippen LogP contribution in [0.2, 0.25) is 0 Å². The molecule has 2 heteroatoms. The first-order chi connectivity index (χ1) is 2.91. The van der Waals surface area contributed by atoms with E-state index in [4.69, 9.17) is 5.41 Å². The number of allylic oxidation sites excluding steroid dienone is 1. The van der Waals surface area contributed by atoms with Gasteiger partial charge >= 0.3 is 0 Å². The van der Waals surface area contributed by atoms with Gasteiger partial charge in [-0.1, -0.05) is 6.08 Å². The Labute approximate surface area is 37.4 Å². The third-order valence-corrected chi connectivity index (χ3v) is 0.346. The molecular weight excluding hydrogens is 76.1 g/mol. The summed E-state index contributed by atoms with van der Waals surface area (Å²) in [5.41, 5.74) is 0. The van der Waals surface area contributed by atoms with E-state index in [-0.39, 0.29) is 0 Å². The fraction of sp³-hybridized carbons (Fsp3) is 0.250. The predicted octanol–water partition coefficient (Wildman–Crippen LogP) is 0.717. The van der Waals surface area contributed by atoms with Gasteiger partial charge in [-0.3, -0.25) is 5.41 Å². The Kier molecular flexibility index (Phi) is 3.66. The lowest BCUT2D eigenvalue weighted by atomic mass is 10.7. The van der Waals surface area contributed by atoms with Crippen LogP contribution in [0.5, 0.6) is 0 Å². The van der Waals surface area contributed by atoms with Crippen molar-refractivity contribution in [3.63, 3.8) is 0 Å². The van der Waals surface area contributed by atoms with Crippen LogP contribution in [0.15, 0.2) is 12.3 Å². The van der Waals surface area contributed by atoms with Gasteiger partial charge in [0.05, 0.1) is 6.34 Å². The van der Waals surface area contributed by atoms with Crippen LogP contribution < -0.4 is 5.32 Å². The van der Waals surface area contributed by atoms with E-state index in [1.807, 2.05) is 13.0 Å². The molecule has 0 amide bonds. The number of nitrogens with one attached hydrogen (secondary N) is 2. The van der Waals surface area contributed by atoms with Crippen molar-refractivity contribution >= 4 is 6.34 Å². The molecule has 0 aromatic heterocycles. The summed E-state index contributed by atoms with van der Waals surface area (Å²) in [6.45, 7) is 1.89. The van der Waals surface area contributed by atoms with Gasteiger partial charge in [-0.15, -0.1) is 0 Å². The van der Waals surface area contributed by atoms with Crippen LogP contribution in [0.4, 0.5) is 0 Å². The van der Waals surface area contributed by atoms with Crippen LogP contribution in [0.25, 0.3) is 0 Å². The molecule has 6 heavy (non-hydrogen) atoms. The molecule has 0 saturated heterocycles. The van der Waals surface area contributed by atoms with E-state index in [2.05, 4.69) is 5.32 Å². The molecule has 0 rings (SSSR count). The second-order valence-electron chi connectivity index (χ2n) is 0.811. The minimum Gasteiger partial charge on any atom is -0.354 e. The van der Waals surface area contributed by atoms with E-state index in [1.54, 1.807) is 6.20 Å². The molecule has 0 spiro atoms. The lowest BCUT2D eigenvalue weighted by Crippen LogP contribution is -1.96. The van der Waals surface area contributed by atoms with Gasteiger partial charge < -0.3 is 5.32 Å². The highest BCUT2D eigenvalue weighted by Crippen LogP contribution is 1.54. The lowest BCUT2D eigenvalue weighted by Gasteiger charge is -1.77. The molecule has 0 aromatic carbocycles. The maximum absolute atomic E-state index is 6.42. The Hall–Kier alpha value is -0.790. The summed E-state index contributed by atoms with van der Waals surface area (Å²) < 4.78 is 0. The SMILES string of the molecule is C/C=C/NC=N. The lowest BCUT2D eigenvalue weighted by molar-refractivity contribution is 1.27. The minimum atomic E-state index is 1.12. The zero-order chi connectivity index (χ0) is 4.83.